The molecule has 1 aromatic heterocycles. The standard InChI is InChI=1S/C16H24N2O3S/c1-11-2-4-16(5-3-11)20-9-13(21-16)7-18-8-14-6-12(10-22-14)15(17)19/h6,10-11,13,18H,2-5,7-9H2,1H3,(H2,17,19)/t11?,13-,16?/m0/s1. The molecule has 0 aromatic carbocycles. The van der Waals surface area contributed by atoms with Crippen LogP contribution in [0.3, 0.4) is 0 Å². The molecule has 1 spiro atoms. The fourth-order valence-corrected chi connectivity index (χ4v) is 3.98. The molecule has 1 aliphatic heterocycles. The maximum absolute atomic E-state index is 11.1. The number of amides is 1. The molecule has 3 rings (SSSR count). The maximum Gasteiger partial charge on any atom is 0.249 e. The monoisotopic (exact) mass is 324 g/mol. The Balaban J connectivity index is 1.42. The summed E-state index contributed by atoms with van der Waals surface area (Å²) in [5, 5.41) is 5.18. The summed E-state index contributed by atoms with van der Waals surface area (Å²) in [5.41, 5.74) is 5.84. The number of rotatable bonds is 5. The second-order valence-electron chi connectivity index (χ2n) is 6.44. The van der Waals surface area contributed by atoms with Gasteiger partial charge in [0.05, 0.1) is 18.3 Å². The Labute approximate surface area is 135 Å². The molecule has 1 saturated heterocycles. The van der Waals surface area contributed by atoms with Crippen molar-refractivity contribution in [1.29, 1.82) is 0 Å². The average molecular weight is 324 g/mol. The highest BCUT2D eigenvalue weighted by Crippen LogP contribution is 2.39. The van der Waals surface area contributed by atoms with E-state index in [4.69, 9.17) is 15.2 Å². The van der Waals surface area contributed by atoms with E-state index in [2.05, 4.69) is 12.2 Å². The van der Waals surface area contributed by atoms with Gasteiger partial charge in [-0.05, 0) is 24.8 Å². The van der Waals surface area contributed by atoms with Gasteiger partial charge in [-0.25, -0.2) is 0 Å². The normalized spacial score (nSPS) is 31.7. The quantitative estimate of drug-likeness (QED) is 0.871. The second kappa shape index (κ2) is 6.66. The molecule has 0 unspecified atom stereocenters. The summed E-state index contributed by atoms with van der Waals surface area (Å²) in [7, 11) is 0. The number of primary amides is 1. The third-order valence-electron chi connectivity index (χ3n) is 4.56. The molecular formula is C16H24N2O3S. The van der Waals surface area contributed by atoms with E-state index >= 15 is 0 Å². The molecule has 1 aromatic rings. The van der Waals surface area contributed by atoms with Crippen LogP contribution in [0.4, 0.5) is 0 Å². The van der Waals surface area contributed by atoms with E-state index in [1.807, 2.05) is 6.07 Å². The lowest BCUT2D eigenvalue weighted by atomic mass is 9.86. The van der Waals surface area contributed by atoms with Crippen LogP contribution in [0.1, 0.15) is 47.8 Å². The van der Waals surface area contributed by atoms with Gasteiger partial charge in [0.1, 0.15) is 0 Å². The van der Waals surface area contributed by atoms with Gasteiger partial charge in [-0.15, -0.1) is 11.3 Å². The first-order valence-electron chi connectivity index (χ1n) is 7.96. The topological polar surface area (TPSA) is 73.6 Å². The van der Waals surface area contributed by atoms with Crippen molar-refractivity contribution in [2.45, 2.75) is 51.0 Å². The molecule has 1 atom stereocenters. The largest absolute Gasteiger partial charge is 0.366 e. The smallest absolute Gasteiger partial charge is 0.249 e. The lowest BCUT2D eigenvalue weighted by Crippen LogP contribution is -2.37. The van der Waals surface area contributed by atoms with E-state index in [0.717, 1.165) is 36.7 Å². The van der Waals surface area contributed by atoms with Crippen molar-refractivity contribution in [3.63, 3.8) is 0 Å². The summed E-state index contributed by atoms with van der Waals surface area (Å²) in [6, 6.07) is 1.84. The molecule has 5 nitrogen and oxygen atoms in total. The Morgan fingerprint density at radius 2 is 2.27 bits per heavy atom. The molecule has 22 heavy (non-hydrogen) atoms. The Hall–Kier alpha value is -0.950. The third kappa shape index (κ3) is 3.68. The number of nitrogens with one attached hydrogen (secondary N) is 1. The highest BCUT2D eigenvalue weighted by Gasteiger charge is 2.43. The van der Waals surface area contributed by atoms with Gasteiger partial charge in [0.15, 0.2) is 5.79 Å². The molecule has 6 heteroatoms. The van der Waals surface area contributed by atoms with Gasteiger partial charge in [0, 0.05) is 36.2 Å². The zero-order chi connectivity index (χ0) is 15.6. The summed E-state index contributed by atoms with van der Waals surface area (Å²) in [6.07, 6.45) is 4.51. The number of thiophene rings is 1. The van der Waals surface area contributed by atoms with Crippen molar-refractivity contribution in [2.24, 2.45) is 11.7 Å². The van der Waals surface area contributed by atoms with Gasteiger partial charge in [-0.1, -0.05) is 6.92 Å². The van der Waals surface area contributed by atoms with E-state index in [1.165, 1.54) is 12.8 Å². The minimum atomic E-state index is -0.372. The van der Waals surface area contributed by atoms with Gasteiger partial charge in [0.2, 0.25) is 5.91 Å². The summed E-state index contributed by atoms with van der Waals surface area (Å²) in [5.74, 6) is 0.0952. The number of carbonyl (C=O) groups excluding carboxylic acids is 1. The molecule has 1 aliphatic carbocycles. The van der Waals surface area contributed by atoms with Crippen LogP contribution in [0.15, 0.2) is 11.4 Å². The second-order valence-corrected chi connectivity index (χ2v) is 7.44. The van der Waals surface area contributed by atoms with Crippen molar-refractivity contribution in [3.05, 3.63) is 21.9 Å². The maximum atomic E-state index is 11.1. The predicted molar refractivity (Wildman–Crippen MR) is 85.7 cm³/mol. The van der Waals surface area contributed by atoms with Gasteiger partial charge >= 0.3 is 0 Å². The lowest BCUT2D eigenvalue weighted by molar-refractivity contribution is -0.191. The molecule has 0 radical (unpaired) electrons. The van der Waals surface area contributed by atoms with E-state index < -0.39 is 0 Å². The zero-order valence-corrected chi connectivity index (χ0v) is 13.8. The fourth-order valence-electron chi connectivity index (χ4n) is 3.14. The first-order valence-corrected chi connectivity index (χ1v) is 8.84. The first-order chi connectivity index (χ1) is 10.6. The average Bonchev–Trinajstić information content (AvgIpc) is 3.11. The molecular weight excluding hydrogens is 300 g/mol. The number of ether oxygens (including phenoxy) is 2. The number of hydrogen-bond acceptors (Lipinski definition) is 5. The predicted octanol–water partition coefficient (Wildman–Crippen LogP) is 2.26. The zero-order valence-electron chi connectivity index (χ0n) is 13.0. The minimum absolute atomic E-state index is 0.115. The number of carbonyl (C=O) groups is 1. The van der Waals surface area contributed by atoms with Gasteiger partial charge < -0.3 is 20.5 Å². The van der Waals surface area contributed by atoms with Crippen LogP contribution in [0.2, 0.25) is 0 Å². The van der Waals surface area contributed by atoms with Gasteiger partial charge in [-0.2, -0.15) is 0 Å². The van der Waals surface area contributed by atoms with Crippen molar-refractivity contribution in [1.82, 2.24) is 5.32 Å². The number of hydrogen-bond donors (Lipinski definition) is 2. The summed E-state index contributed by atoms with van der Waals surface area (Å²) in [6.45, 7) is 4.45. The first kappa shape index (κ1) is 15.9. The Morgan fingerprint density at radius 3 is 2.95 bits per heavy atom. The van der Waals surface area contributed by atoms with Crippen LogP contribution in [0.5, 0.6) is 0 Å². The molecule has 2 heterocycles. The van der Waals surface area contributed by atoms with Crippen LogP contribution in [0.25, 0.3) is 0 Å². The molecule has 122 valence electrons. The van der Waals surface area contributed by atoms with Gasteiger partial charge in [-0.3, -0.25) is 4.79 Å². The molecule has 0 bridgehead atoms. The third-order valence-corrected chi connectivity index (χ3v) is 5.50. The van der Waals surface area contributed by atoms with Crippen LogP contribution >= 0.6 is 11.3 Å². The lowest BCUT2D eigenvalue weighted by Gasteiger charge is -2.34. The van der Waals surface area contributed by atoms with Crippen molar-refractivity contribution >= 4 is 17.2 Å². The Bertz CT molecular complexity index is 523. The van der Waals surface area contributed by atoms with Gasteiger partial charge in [0.25, 0.3) is 0 Å². The molecule has 2 aliphatic rings. The molecule has 3 N–H and O–H groups in total. The Morgan fingerprint density at radius 1 is 1.50 bits per heavy atom. The molecule has 2 fully saturated rings. The van der Waals surface area contributed by atoms with Crippen molar-refractivity contribution in [3.8, 4) is 0 Å². The van der Waals surface area contributed by atoms with E-state index in [9.17, 15) is 4.79 Å². The summed E-state index contributed by atoms with van der Waals surface area (Å²) in [4.78, 5) is 12.2. The SMILES string of the molecule is CC1CCC2(CC1)OC[C@H](CNCc1cc(C(N)=O)cs1)O2. The van der Waals surface area contributed by atoms with Crippen molar-refractivity contribution in [2.75, 3.05) is 13.2 Å². The van der Waals surface area contributed by atoms with E-state index in [-0.39, 0.29) is 17.8 Å². The summed E-state index contributed by atoms with van der Waals surface area (Å²) >= 11 is 1.55. The van der Waals surface area contributed by atoms with E-state index in [0.29, 0.717) is 12.2 Å². The Kier molecular flexibility index (Phi) is 4.82. The minimum Gasteiger partial charge on any atom is -0.366 e. The van der Waals surface area contributed by atoms with Crippen LogP contribution in [-0.2, 0) is 16.0 Å². The van der Waals surface area contributed by atoms with Crippen molar-refractivity contribution < 1.29 is 14.3 Å². The van der Waals surface area contributed by atoms with Crippen LogP contribution in [0, 0.1) is 5.92 Å². The summed E-state index contributed by atoms with van der Waals surface area (Å²) < 4.78 is 12.1. The highest BCUT2D eigenvalue weighted by molar-refractivity contribution is 7.10. The molecule has 1 saturated carbocycles. The fraction of sp³-hybridized carbons (Fsp3) is 0.688. The number of nitrogens with two attached hydrogens (primary N) is 1. The van der Waals surface area contributed by atoms with E-state index in [1.54, 1.807) is 16.7 Å². The molecule has 1 amide bonds. The van der Waals surface area contributed by atoms with Crippen LogP contribution in [-0.4, -0.2) is 30.9 Å². The highest BCUT2D eigenvalue weighted by atomic mass is 32.1. The van der Waals surface area contributed by atoms with Crippen LogP contribution < -0.4 is 11.1 Å².